The third-order valence-electron chi connectivity index (χ3n) is 7.91. The highest BCUT2D eigenvalue weighted by atomic mass is 32.2. The van der Waals surface area contributed by atoms with Crippen LogP contribution < -0.4 is 4.74 Å². The van der Waals surface area contributed by atoms with E-state index in [1.165, 1.54) is 50.8 Å². The lowest BCUT2D eigenvalue weighted by Gasteiger charge is -2.42. The Kier molecular flexibility index (Phi) is 10.8. The number of aliphatic hydroxyl groups is 1. The van der Waals surface area contributed by atoms with Crippen LogP contribution in [0.1, 0.15) is 76.3 Å². The molecule has 0 spiro atoms. The van der Waals surface area contributed by atoms with Gasteiger partial charge in [0.25, 0.3) is 0 Å². The van der Waals surface area contributed by atoms with Crippen LogP contribution in [0.5, 0.6) is 5.75 Å². The van der Waals surface area contributed by atoms with Crippen LogP contribution >= 0.6 is 0 Å². The van der Waals surface area contributed by atoms with E-state index in [0.717, 1.165) is 60.4 Å². The lowest BCUT2D eigenvalue weighted by molar-refractivity contribution is 0.0602. The average Bonchev–Trinajstić information content (AvgIpc) is 2.95. The summed E-state index contributed by atoms with van der Waals surface area (Å²) < 4.78 is 19.1. The predicted octanol–water partition coefficient (Wildman–Crippen LogP) is 5.80. The molecule has 198 valence electrons. The Morgan fingerprint density at radius 3 is 2.36 bits per heavy atom. The van der Waals surface area contributed by atoms with Gasteiger partial charge >= 0.3 is 0 Å². The van der Waals surface area contributed by atoms with Crippen LogP contribution in [0.4, 0.5) is 0 Å². The lowest BCUT2D eigenvalue weighted by Crippen LogP contribution is -2.51. The van der Waals surface area contributed by atoms with E-state index in [4.69, 9.17) is 9.84 Å². The van der Waals surface area contributed by atoms with E-state index in [9.17, 15) is 4.21 Å². The van der Waals surface area contributed by atoms with Gasteiger partial charge < -0.3 is 9.84 Å². The molecular weight excluding hydrogens is 468 g/mol. The molecule has 2 aliphatic rings. The van der Waals surface area contributed by atoms with Crippen molar-refractivity contribution in [2.24, 2.45) is 0 Å². The topological polar surface area (TPSA) is 53.0 Å². The molecule has 1 N–H and O–H groups in total. The Balaban J connectivity index is 1.27. The zero-order valence-electron chi connectivity index (χ0n) is 21.9. The maximum atomic E-state index is 13.2. The molecule has 0 radical (unpaired) electrons. The highest BCUT2D eigenvalue weighted by Crippen LogP contribution is 2.28. The Labute approximate surface area is 220 Å². The van der Waals surface area contributed by atoms with Gasteiger partial charge in [0.2, 0.25) is 0 Å². The van der Waals surface area contributed by atoms with Crippen molar-refractivity contribution in [3.8, 4) is 5.75 Å². The highest BCUT2D eigenvalue weighted by molar-refractivity contribution is 7.85. The summed E-state index contributed by atoms with van der Waals surface area (Å²) in [4.78, 5) is 6.92. The summed E-state index contributed by atoms with van der Waals surface area (Å²) in [6, 6.07) is 17.2. The quantitative estimate of drug-likeness (QED) is 0.365. The first-order chi connectivity index (χ1) is 17.7. The van der Waals surface area contributed by atoms with Crippen molar-refractivity contribution in [2.75, 3.05) is 39.4 Å². The van der Waals surface area contributed by atoms with Crippen molar-refractivity contribution in [3.05, 3.63) is 54.1 Å². The minimum atomic E-state index is -1.23. The minimum absolute atomic E-state index is 0.256. The molecular formula is C30H44N2O3S. The summed E-state index contributed by atoms with van der Waals surface area (Å²) in [5.74, 6) is 0.764. The van der Waals surface area contributed by atoms with Gasteiger partial charge in [-0.15, -0.1) is 0 Å². The van der Waals surface area contributed by atoms with Gasteiger partial charge in [-0.3, -0.25) is 9.80 Å². The van der Waals surface area contributed by atoms with Gasteiger partial charge in [-0.25, -0.2) is 4.21 Å². The number of rotatable bonds is 12. The standard InChI is InChI=1S/C30H44N2O3S/c1-25(31-18-20-32(21-19-31)27-10-5-4-6-11-27)26-14-16-29(17-15-26)36(34)30-13-9-12-28(24-30)35-23-8-3-2-7-22-33/h9,12-17,24-25,27,33H,2-8,10-11,18-23H2,1H3. The molecule has 6 heteroatoms. The van der Waals surface area contributed by atoms with Gasteiger partial charge in [-0.1, -0.05) is 43.9 Å². The van der Waals surface area contributed by atoms with E-state index in [-0.39, 0.29) is 6.61 Å². The summed E-state index contributed by atoms with van der Waals surface area (Å²) in [6.45, 7) is 7.80. The molecule has 1 saturated carbocycles. The molecule has 1 heterocycles. The number of unbranched alkanes of at least 4 members (excludes halogenated alkanes) is 3. The zero-order valence-corrected chi connectivity index (χ0v) is 22.8. The number of piperazine rings is 1. The monoisotopic (exact) mass is 512 g/mol. The number of benzene rings is 2. The van der Waals surface area contributed by atoms with Crippen molar-refractivity contribution < 1.29 is 14.1 Å². The van der Waals surface area contributed by atoms with E-state index >= 15 is 0 Å². The fourth-order valence-corrected chi connectivity index (χ4v) is 6.67. The molecule has 4 rings (SSSR count). The number of hydrogen-bond acceptors (Lipinski definition) is 5. The van der Waals surface area contributed by atoms with Gasteiger partial charge in [-0.05, 0) is 74.9 Å². The largest absolute Gasteiger partial charge is 0.494 e. The number of nitrogens with zero attached hydrogens (tertiary/aromatic N) is 2. The van der Waals surface area contributed by atoms with Crippen LogP contribution in [0.15, 0.2) is 58.3 Å². The van der Waals surface area contributed by atoms with Crippen LogP contribution in [0, 0.1) is 0 Å². The Morgan fingerprint density at radius 2 is 1.64 bits per heavy atom. The Bertz CT molecular complexity index is 937. The fourth-order valence-electron chi connectivity index (χ4n) is 5.59. The molecule has 1 saturated heterocycles. The molecule has 2 fully saturated rings. The summed E-state index contributed by atoms with van der Waals surface area (Å²) in [7, 11) is -1.23. The lowest BCUT2D eigenvalue weighted by atomic mass is 9.93. The second-order valence-corrected chi connectivity index (χ2v) is 11.8. The molecule has 1 aliphatic carbocycles. The number of hydrogen-bond donors (Lipinski definition) is 1. The van der Waals surface area contributed by atoms with Crippen molar-refractivity contribution >= 4 is 10.8 Å². The third kappa shape index (κ3) is 7.64. The van der Waals surface area contributed by atoms with Crippen molar-refractivity contribution in [2.45, 2.75) is 86.6 Å². The van der Waals surface area contributed by atoms with E-state index in [0.29, 0.717) is 12.6 Å². The van der Waals surface area contributed by atoms with Gasteiger partial charge in [0.15, 0.2) is 0 Å². The predicted molar refractivity (Wildman–Crippen MR) is 147 cm³/mol. The van der Waals surface area contributed by atoms with Gasteiger partial charge in [0, 0.05) is 54.7 Å². The Morgan fingerprint density at radius 1 is 0.917 bits per heavy atom. The second-order valence-electron chi connectivity index (χ2n) is 10.3. The molecule has 2 atom stereocenters. The molecule has 1 aliphatic heterocycles. The van der Waals surface area contributed by atoms with E-state index in [2.05, 4.69) is 28.9 Å². The SMILES string of the molecule is CC(c1ccc(S(=O)c2cccc(OCCCCCCO)c2)cc1)N1CCN(C2CCCCC2)CC1. The number of ether oxygens (including phenoxy) is 1. The third-order valence-corrected chi connectivity index (χ3v) is 9.29. The minimum Gasteiger partial charge on any atom is -0.494 e. The second kappa shape index (κ2) is 14.3. The molecule has 0 amide bonds. The Hall–Kier alpha value is -1.73. The molecule has 2 aromatic carbocycles. The molecule has 0 aromatic heterocycles. The normalized spacial score (nSPS) is 19.7. The van der Waals surface area contributed by atoms with Gasteiger partial charge in [-0.2, -0.15) is 0 Å². The smallest absolute Gasteiger partial charge is 0.120 e. The van der Waals surface area contributed by atoms with Gasteiger partial charge in [0.1, 0.15) is 5.75 Å². The van der Waals surface area contributed by atoms with Crippen molar-refractivity contribution in [1.82, 2.24) is 9.80 Å². The molecule has 5 nitrogen and oxygen atoms in total. The molecule has 0 bridgehead atoms. The van der Waals surface area contributed by atoms with Crippen molar-refractivity contribution in [3.63, 3.8) is 0 Å². The highest BCUT2D eigenvalue weighted by Gasteiger charge is 2.27. The van der Waals surface area contributed by atoms with E-state index in [1.54, 1.807) is 0 Å². The first kappa shape index (κ1) is 27.3. The summed E-state index contributed by atoms with van der Waals surface area (Å²) in [5.41, 5.74) is 1.29. The molecule has 2 aromatic rings. The fraction of sp³-hybridized carbons (Fsp3) is 0.600. The van der Waals surface area contributed by atoms with Crippen LogP contribution in [0.3, 0.4) is 0 Å². The maximum absolute atomic E-state index is 13.2. The summed E-state index contributed by atoms with van der Waals surface area (Å²) in [5, 5.41) is 8.87. The number of aliphatic hydroxyl groups excluding tert-OH is 1. The maximum Gasteiger partial charge on any atom is 0.120 e. The average molecular weight is 513 g/mol. The molecule has 36 heavy (non-hydrogen) atoms. The van der Waals surface area contributed by atoms with E-state index < -0.39 is 10.8 Å². The van der Waals surface area contributed by atoms with E-state index in [1.807, 2.05) is 36.4 Å². The first-order valence-corrected chi connectivity index (χ1v) is 15.1. The van der Waals surface area contributed by atoms with Gasteiger partial charge in [0.05, 0.1) is 17.4 Å². The van der Waals surface area contributed by atoms with Crippen LogP contribution in [-0.2, 0) is 10.8 Å². The molecule has 2 unspecified atom stereocenters. The van der Waals surface area contributed by atoms with Crippen LogP contribution in [0.2, 0.25) is 0 Å². The van der Waals surface area contributed by atoms with Crippen LogP contribution in [0.25, 0.3) is 0 Å². The summed E-state index contributed by atoms with van der Waals surface area (Å²) in [6.07, 6.45) is 10.9. The summed E-state index contributed by atoms with van der Waals surface area (Å²) >= 11 is 0. The van der Waals surface area contributed by atoms with Crippen LogP contribution in [-0.4, -0.2) is 64.5 Å². The zero-order chi connectivity index (χ0) is 25.2. The first-order valence-electron chi connectivity index (χ1n) is 14.0. The van der Waals surface area contributed by atoms with Crippen molar-refractivity contribution in [1.29, 1.82) is 0 Å².